The van der Waals surface area contributed by atoms with Crippen LogP contribution < -0.4 is 15.0 Å². The fraction of sp³-hybridized carbons (Fsp3) is 0.130. The van der Waals surface area contributed by atoms with Gasteiger partial charge in [0.15, 0.2) is 11.6 Å². The summed E-state index contributed by atoms with van der Waals surface area (Å²) in [6.07, 6.45) is 1.67. The Kier molecular flexibility index (Phi) is 5.59. The molecule has 0 aliphatic carbocycles. The number of amides is 1. The topological polar surface area (TPSA) is 54.5 Å². The van der Waals surface area contributed by atoms with Gasteiger partial charge in [-0.25, -0.2) is 9.37 Å². The molecule has 7 heteroatoms. The summed E-state index contributed by atoms with van der Waals surface area (Å²) in [6.45, 7) is 1.98. The number of anilines is 3. The summed E-state index contributed by atoms with van der Waals surface area (Å²) in [4.78, 5) is 20.5. The third-order valence-corrected chi connectivity index (χ3v) is 5.66. The van der Waals surface area contributed by atoms with Crippen LogP contribution in [-0.4, -0.2) is 24.5 Å². The van der Waals surface area contributed by atoms with Gasteiger partial charge in [-0.2, -0.15) is 0 Å². The smallest absolute Gasteiger partial charge is 0.260 e. The molecule has 1 N–H and O–H groups in total. The van der Waals surface area contributed by atoms with Crippen molar-refractivity contribution in [2.75, 3.05) is 23.9 Å². The van der Waals surface area contributed by atoms with Crippen molar-refractivity contribution in [3.05, 3.63) is 66.1 Å². The molecule has 0 atom stereocenters. The number of benzene rings is 2. The lowest BCUT2D eigenvalue weighted by Crippen LogP contribution is -2.31. The number of fused-ring (bicyclic) bond motifs is 2. The van der Waals surface area contributed by atoms with Crippen LogP contribution in [0.2, 0.25) is 0 Å². The minimum Gasteiger partial charge on any atom is -0.493 e. The second kappa shape index (κ2) is 8.47. The van der Waals surface area contributed by atoms with Crippen LogP contribution in [0.4, 0.5) is 21.6 Å². The van der Waals surface area contributed by atoms with Crippen LogP contribution in [0, 0.1) is 17.7 Å². The fourth-order valence-electron chi connectivity index (χ4n) is 3.13. The van der Waals surface area contributed by atoms with E-state index >= 15 is 0 Å². The van der Waals surface area contributed by atoms with Gasteiger partial charge in [-0.3, -0.25) is 9.69 Å². The number of hydrogen-bond acceptors (Lipinski definition) is 5. The van der Waals surface area contributed by atoms with Crippen LogP contribution in [-0.2, 0) is 0 Å². The summed E-state index contributed by atoms with van der Waals surface area (Å²) in [7, 11) is 1.58. The molecule has 0 unspecified atom stereocenters. The average molecular weight is 419 g/mol. The van der Waals surface area contributed by atoms with Crippen molar-refractivity contribution < 1.29 is 13.9 Å². The molecule has 2 heterocycles. The minimum atomic E-state index is -0.384. The van der Waals surface area contributed by atoms with E-state index in [1.165, 1.54) is 30.0 Å². The Labute approximate surface area is 178 Å². The Morgan fingerprint density at radius 2 is 2.07 bits per heavy atom. The Balaban J connectivity index is 1.78. The standard InChI is InChI=1S/C23H18FN3O2S/c1-3-4-12-27-18-10-8-16(26-22-19(29-2)6-5-11-25-22)14-21(18)30-20-13-15(24)7-9-17(20)23(27)28/h5-11,13-14H,12H2,1-2H3,(H,25,26). The molecule has 1 aliphatic rings. The Bertz CT molecular complexity index is 1190. The van der Waals surface area contributed by atoms with Crippen molar-refractivity contribution in [1.29, 1.82) is 0 Å². The van der Waals surface area contributed by atoms with Gasteiger partial charge in [0.1, 0.15) is 5.82 Å². The van der Waals surface area contributed by atoms with Crippen LogP contribution in [0.1, 0.15) is 17.3 Å². The van der Waals surface area contributed by atoms with E-state index in [4.69, 9.17) is 4.74 Å². The summed E-state index contributed by atoms with van der Waals surface area (Å²) in [5.41, 5.74) is 1.95. The zero-order valence-corrected chi connectivity index (χ0v) is 17.2. The minimum absolute atomic E-state index is 0.203. The molecule has 0 bridgehead atoms. The van der Waals surface area contributed by atoms with Crippen LogP contribution in [0.5, 0.6) is 5.75 Å². The number of nitrogens with zero attached hydrogens (tertiary/aromatic N) is 2. The summed E-state index contributed by atoms with van der Waals surface area (Å²) < 4.78 is 19.2. The molecule has 0 fully saturated rings. The number of carbonyl (C=O) groups is 1. The first-order chi connectivity index (χ1) is 14.6. The lowest BCUT2D eigenvalue weighted by atomic mass is 10.1. The maximum absolute atomic E-state index is 13.9. The molecule has 0 spiro atoms. The largest absolute Gasteiger partial charge is 0.493 e. The highest BCUT2D eigenvalue weighted by Gasteiger charge is 2.27. The highest BCUT2D eigenvalue weighted by molar-refractivity contribution is 7.99. The van der Waals surface area contributed by atoms with E-state index in [1.807, 2.05) is 24.3 Å². The zero-order chi connectivity index (χ0) is 21.1. The summed E-state index contributed by atoms with van der Waals surface area (Å²) in [6, 6.07) is 13.5. The van der Waals surface area contributed by atoms with E-state index in [9.17, 15) is 9.18 Å². The molecule has 3 aromatic rings. The van der Waals surface area contributed by atoms with E-state index in [-0.39, 0.29) is 18.3 Å². The van der Waals surface area contributed by atoms with E-state index in [2.05, 4.69) is 22.1 Å². The number of carbonyl (C=O) groups excluding carboxylic acids is 1. The predicted octanol–water partition coefficient (Wildman–Crippen LogP) is 5.11. The molecule has 4 rings (SSSR count). The highest BCUT2D eigenvalue weighted by atomic mass is 32.2. The van der Waals surface area contributed by atoms with Crippen LogP contribution >= 0.6 is 11.8 Å². The summed E-state index contributed by atoms with van der Waals surface area (Å²) in [5, 5.41) is 3.24. The van der Waals surface area contributed by atoms with Gasteiger partial charge in [-0.15, -0.1) is 5.92 Å². The van der Waals surface area contributed by atoms with E-state index in [0.717, 1.165) is 16.3 Å². The Hall–Kier alpha value is -3.50. The maximum atomic E-state index is 13.9. The third-order valence-electron chi connectivity index (χ3n) is 4.56. The second-order valence-electron chi connectivity index (χ2n) is 6.42. The quantitative estimate of drug-likeness (QED) is 0.596. The maximum Gasteiger partial charge on any atom is 0.260 e. The number of hydrogen-bond donors (Lipinski definition) is 1. The van der Waals surface area contributed by atoms with Gasteiger partial charge in [0.2, 0.25) is 0 Å². The molecule has 150 valence electrons. The normalized spacial score (nSPS) is 12.2. The number of nitrogens with one attached hydrogen (secondary N) is 1. The molecule has 0 radical (unpaired) electrons. The van der Waals surface area contributed by atoms with Crippen molar-refractivity contribution in [3.8, 4) is 17.6 Å². The van der Waals surface area contributed by atoms with Crippen molar-refractivity contribution in [3.63, 3.8) is 0 Å². The van der Waals surface area contributed by atoms with E-state index in [1.54, 1.807) is 31.2 Å². The second-order valence-corrected chi connectivity index (χ2v) is 7.51. The van der Waals surface area contributed by atoms with Crippen LogP contribution in [0.15, 0.2) is 64.5 Å². The first-order valence-corrected chi connectivity index (χ1v) is 10.0. The molecule has 0 saturated carbocycles. The highest BCUT2D eigenvalue weighted by Crippen LogP contribution is 2.43. The Morgan fingerprint density at radius 1 is 1.20 bits per heavy atom. The molecule has 1 aromatic heterocycles. The number of rotatable bonds is 4. The van der Waals surface area contributed by atoms with Crippen molar-refractivity contribution in [1.82, 2.24) is 4.98 Å². The van der Waals surface area contributed by atoms with Crippen molar-refractivity contribution in [2.45, 2.75) is 16.7 Å². The number of pyridine rings is 1. The molecule has 2 aromatic carbocycles. The van der Waals surface area contributed by atoms with E-state index in [0.29, 0.717) is 22.0 Å². The number of methoxy groups -OCH3 is 1. The number of ether oxygens (including phenoxy) is 1. The van der Waals surface area contributed by atoms with Crippen LogP contribution in [0.25, 0.3) is 0 Å². The van der Waals surface area contributed by atoms with Gasteiger partial charge in [-0.1, -0.05) is 17.7 Å². The summed E-state index contributed by atoms with van der Waals surface area (Å²) in [5.74, 6) is 6.39. The van der Waals surface area contributed by atoms with Crippen LogP contribution in [0.3, 0.4) is 0 Å². The third kappa shape index (κ3) is 3.82. The van der Waals surface area contributed by atoms with Gasteiger partial charge in [0.25, 0.3) is 5.91 Å². The molecule has 0 saturated heterocycles. The van der Waals surface area contributed by atoms with Gasteiger partial charge >= 0.3 is 0 Å². The van der Waals surface area contributed by atoms with Crippen molar-refractivity contribution in [2.24, 2.45) is 0 Å². The molecule has 1 aliphatic heterocycles. The SMILES string of the molecule is CC#CCN1C(=O)c2ccc(F)cc2Sc2cc(Nc3ncccc3OC)ccc21. The first-order valence-electron chi connectivity index (χ1n) is 9.19. The van der Waals surface area contributed by atoms with Crippen molar-refractivity contribution >= 4 is 34.9 Å². The van der Waals surface area contributed by atoms with E-state index < -0.39 is 0 Å². The molecular weight excluding hydrogens is 401 g/mol. The fourth-order valence-corrected chi connectivity index (χ4v) is 4.27. The summed E-state index contributed by atoms with van der Waals surface area (Å²) >= 11 is 1.35. The zero-order valence-electron chi connectivity index (χ0n) is 16.4. The number of halogens is 1. The van der Waals surface area contributed by atoms with Gasteiger partial charge in [-0.05, 0) is 55.5 Å². The van der Waals surface area contributed by atoms with Gasteiger partial charge < -0.3 is 10.1 Å². The van der Waals surface area contributed by atoms with Gasteiger partial charge in [0.05, 0.1) is 24.9 Å². The Morgan fingerprint density at radius 3 is 2.87 bits per heavy atom. The molecule has 1 amide bonds. The monoisotopic (exact) mass is 419 g/mol. The average Bonchev–Trinajstić information content (AvgIpc) is 2.86. The van der Waals surface area contributed by atoms with Gasteiger partial charge in [0, 0.05) is 21.7 Å². The molecule has 30 heavy (non-hydrogen) atoms. The number of aromatic nitrogens is 1. The predicted molar refractivity (Wildman–Crippen MR) is 116 cm³/mol. The lowest BCUT2D eigenvalue weighted by Gasteiger charge is -2.21. The molecule has 5 nitrogen and oxygen atoms in total. The first kappa shape index (κ1) is 19.8. The lowest BCUT2D eigenvalue weighted by molar-refractivity contribution is 0.0987. The molecular formula is C23H18FN3O2S.